The molecule has 0 unspecified atom stereocenters. The van der Waals surface area contributed by atoms with Crippen molar-refractivity contribution < 1.29 is 23.8 Å². The second-order valence-corrected chi connectivity index (χ2v) is 7.15. The maximum Gasteiger partial charge on any atom is 0.410 e. The van der Waals surface area contributed by atoms with Gasteiger partial charge in [0, 0.05) is 6.54 Å². The smallest absolute Gasteiger partial charge is 0.410 e. The van der Waals surface area contributed by atoms with Crippen LogP contribution in [0.4, 0.5) is 4.79 Å². The molecule has 1 aromatic carbocycles. The lowest BCUT2D eigenvalue weighted by atomic mass is 10.1. The number of carbonyl (C=O) groups excluding carboxylic acids is 2. The van der Waals surface area contributed by atoms with Crippen molar-refractivity contribution >= 4 is 12.1 Å². The molecule has 25 heavy (non-hydrogen) atoms. The van der Waals surface area contributed by atoms with Gasteiger partial charge >= 0.3 is 12.1 Å². The maximum atomic E-state index is 12.1. The molecule has 1 atom stereocenters. The number of carbonyl (C=O) groups is 2. The molecule has 0 aliphatic carbocycles. The van der Waals surface area contributed by atoms with Gasteiger partial charge in [-0.25, -0.2) is 9.59 Å². The molecule has 6 nitrogen and oxygen atoms in total. The minimum Gasteiger partial charge on any atom is -0.459 e. The van der Waals surface area contributed by atoms with Crippen LogP contribution in [0.3, 0.4) is 0 Å². The van der Waals surface area contributed by atoms with Gasteiger partial charge in [-0.05, 0) is 39.2 Å². The monoisotopic (exact) mass is 349 g/mol. The SMILES string of the molecule is CC(C)(C)OC(=O)N1CCC[C@H](OCC(=O)OCc2ccccc2)C1. The van der Waals surface area contributed by atoms with Crippen LogP contribution in [-0.4, -0.2) is 48.4 Å². The maximum absolute atomic E-state index is 12.1. The Labute approximate surface area is 149 Å². The zero-order valence-electron chi connectivity index (χ0n) is 15.2. The fourth-order valence-electron chi connectivity index (χ4n) is 2.53. The van der Waals surface area contributed by atoms with E-state index in [4.69, 9.17) is 14.2 Å². The van der Waals surface area contributed by atoms with Crippen LogP contribution in [0, 0.1) is 0 Å². The van der Waals surface area contributed by atoms with Crippen LogP contribution in [0.25, 0.3) is 0 Å². The molecular weight excluding hydrogens is 322 g/mol. The number of benzene rings is 1. The fraction of sp³-hybridized carbons (Fsp3) is 0.579. The van der Waals surface area contributed by atoms with Gasteiger partial charge < -0.3 is 19.1 Å². The predicted octanol–water partition coefficient (Wildman–Crippen LogP) is 3.15. The van der Waals surface area contributed by atoms with Crippen molar-refractivity contribution in [3.8, 4) is 0 Å². The van der Waals surface area contributed by atoms with Gasteiger partial charge in [0.2, 0.25) is 0 Å². The Kier molecular flexibility index (Phi) is 6.82. The number of hydrogen-bond acceptors (Lipinski definition) is 5. The van der Waals surface area contributed by atoms with E-state index in [0.29, 0.717) is 13.1 Å². The molecule has 0 saturated carbocycles. The summed E-state index contributed by atoms with van der Waals surface area (Å²) in [5, 5.41) is 0. The summed E-state index contributed by atoms with van der Waals surface area (Å²) < 4.78 is 16.2. The van der Waals surface area contributed by atoms with Gasteiger partial charge in [0.05, 0.1) is 12.6 Å². The lowest BCUT2D eigenvalue weighted by molar-refractivity contribution is -0.153. The molecule has 1 fully saturated rings. The standard InChI is InChI=1S/C19H27NO5/c1-19(2,3)25-18(22)20-11-7-10-16(12-20)23-14-17(21)24-13-15-8-5-4-6-9-15/h4-6,8-9,16H,7,10-14H2,1-3H3/t16-/m0/s1. The zero-order chi connectivity index (χ0) is 18.3. The fourth-order valence-corrected chi connectivity index (χ4v) is 2.53. The lowest BCUT2D eigenvalue weighted by Crippen LogP contribution is -2.45. The van der Waals surface area contributed by atoms with E-state index in [-0.39, 0.29) is 25.4 Å². The average molecular weight is 349 g/mol. The molecule has 1 heterocycles. The number of hydrogen-bond donors (Lipinski definition) is 0. The Morgan fingerprint density at radius 2 is 1.92 bits per heavy atom. The number of nitrogens with zero attached hydrogens (tertiary/aromatic N) is 1. The topological polar surface area (TPSA) is 65.1 Å². The van der Waals surface area contributed by atoms with E-state index < -0.39 is 11.6 Å². The number of rotatable bonds is 5. The molecule has 0 bridgehead atoms. The Bertz CT molecular complexity index is 567. The molecule has 1 aliphatic heterocycles. The summed E-state index contributed by atoms with van der Waals surface area (Å²) in [7, 11) is 0. The van der Waals surface area contributed by atoms with Crippen molar-refractivity contribution in [1.82, 2.24) is 4.90 Å². The van der Waals surface area contributed by atoms with Crippen molar-refractivity contribution in [3.63, 3.8) is 0 Å². The highest BCUT2D eigenvalue weighted by Crippen LogP contribution is 2.17. The highest BCUT2D eigenvalue weighted by atomic mass is 16.6. The van der Waals surface area contributed by atoms with Gasteiger partial charge in [-0.2, -0.15) is 0 Å². The van der Waals surface area contributed by atoms with E-state index >= 15 is 0 Å². The third kappa shape index (κ3) is 7.13. The highest BCUT2D eigenvalue weighted by molar-refractivity contribution is 5.70. The lowest BCUT2D eigenvalue weighted by Gasteiger charge is -2.33. The number of likely N-dealkylation sites (tertiary alicyclic amines) is 1. The average Bonchev–Trinajstić information content (AvgIpc) is 2.58. The minimum absolute atomic E-state index is 0.111. The molecular formula is C19H27NO5. The van der Waals surface area contributed by atoms with Crippen LogP contribution in [0.2, 0.25) is 0 Å². The van der Waals surface area contributed by atoms with E-state index in [9.17, 15) is 9.59 Å². The van der Waals surface area contributed by atoms with Gasteiger partial charge in [-0.1, -0.05) is 30.3 Å². The summed E-state index contributed by atoms with van der Waals surface area (Å²) in [6.45, 7) is 6.72. The van der Waals surface area contributed by atoms with E-state index in [0.717, 1.165) is 18.4 Å². The first-order chi connectivity index (χ1) is 11.8. The summed E-state index contributed by atoms with van der Waals surface area (Å²) >= 11 is 0. The van der Waals surface area contributed by atoms with Crippen LogP contribution in [0.15, 0.2) is 30.3 Å². The van der Waals surface area contributed by atoms with Crippen molar-refractivity contribution in [2.24, 2.45) is 0 Å². The van der Waals surface area contributed by atoms with Crippen LogP contribution in [-0.2, 0) is 25.6 Å². The molecule has 6 heteroatoms. The number of piperidine rings is 1. The summed E-state index contributed by atoms with van der Waals surface area (Å²) in [5.41, 5.74) is 0.413. The van der Waals surface area contributed by atoms with Crippen molar-refractivity contribution in [2.45, 2.75) is 51.9 Å². The van der Waals surface area contributed by atoms with Crippen molar-refractivity contribution in [3.05, 3.63) is 35.9 Å². The zero-order valence-corrected chi connectivity index (χ0v) is 15.2. The van der Waals surface area contributed by atoms with Gasteiger partial charge in [0.1, 0.15) is 18.8 Å². The van der Waals surface area contributed by atoms with Crippen molar-refractivity contribution in [1.29, 1.82) is 0 Å². The van der Waals surface area contributed by atoms with Gasteiger partial charge in [-0.15, -0.1) is 0 Å². The quantitative estimate of drug-likeness (QED) is 0.764. The normalized spacial score (nSPS) is 17.9. The Morgan fingerprint density at radius 3 is 2.60 bits per heavy atom. The molecule has 0 radical (unpaired) electrons. The largest absolute Gasteiger partial charge is 0.459 e. The van der Waals surface area contributed by atoms with E-state index in [1.807, 2.05) is 51.1 Å². The molecule has 0 spiro atoms. The number of amides is 1. The first-order valence-electron chi connectivity index (χ1n) is 8.62. The van der Waals surface area contributed by atoms with Crippen LogP contribution in [0.5, 0.6) is 0 Å². The van der Waals surface area contributed by atoms with Crippen LogP contribution in [0.1, 0.15) is 39.2 Å². The first kappa shape index (κ1) is 19.2. The van der Waals surface area contributed by atoms with Crippen LogP contribution >= 0.6 is 0 Å². The predicted molar refractivity (Wildman–Crippen MR) is 93.0 cm³/mol. The number of ether oxygens (including phenoxy) is 3. The minimum atomic E-state index is -0.522. The molecule has 0 aromatic heterocycles. The molecule has 1 aliphatic rings. The third-order valence-electron chi connectivity index (χ3n) is 3.71. The van der Waals surface area contributed by atoms with Gasteiger partial charge in [-0.3, -0.25) is 0 Å². The van der Waals surface area contributed by atoms with Gasteiger partial charge in [0.25, 0.3) is 0 Å². The molecule has 0 N–H and O–H groups in total. The van der Waals surface area contributed by atoms with Gasteiger partial charge in [0.15, 0.2) is 0 Å². The highest BCUT2D eigenvalue weighted by Gasteiger charge is 2.28. The Hall–Kier alpha value is -2.08. The summed E-state index contributed by atoms with van der Waals surface area (Å²) in [6, 6.07) is 9.50. The molecule has 1 aromatic rings. The van der Waals surface area contributed by atoms with Crippen molar-refractivity contribution in [2.75, 3.05) is 19.7 Å². The van der Waals surface area contributed by atoms with E-state index in [1.165, 1.54) is 0 Å². The Morgan fingerprint density at radius 1 is 1.20 bits per heavy atom. The summed E-state index contributed by atoms with van der Waals surface area (Å²) in [6.07, 6.45) is 1.12. The van der Waals surface area contributed by atoms with E-state index in [1.54, 1.807) is 4.90 Å². The van der Waals surface area contributed by atoms with Crippen LogP contribution < -0.4 is 0 Å². The summed E-state index contributed by atoms with van der Waals surface area (Å²) in [4.78, 5) is 25.6. The molecule has 2 rings (SSSR count). The molecule has 1 saturated heterocycles. The summed E-state index contributed by atoms with van der Waals surface area (Å²) in [5.74, 6) is -0.404. The second-order valence-electron chi connectivity index (χ2n) is 7.15. The first-order valence-corrected chi connectivity index (χ1v) is 8.62. The van der Waals surface area contributed by atoms with E-state index in [2.05, 4.69) is 0 Å². The molecule has 1 amide bonds. The molecule has 138 valence electrons. The number of esters is 1. The second kappa shape index (κ2) is 8.85. The third-order valence-corrected chi connectivity index (χ3v) is 3.71. The Balaban J connectivity index is 1.71.